The SMILES string of the molecule is C/C=C1/CC1C(=O)Nc1ccccn1. The van der Waals surface area contributed by atoms with Gasteiger partial charge < -0.3 is 5.32 Å². The zero-order chi connectivity index (χ0) is 9.97. The number of carbonyl (C=O) groups excluding carboxylic acids is 1. The van der Waals surface area contributed by atoms with Crippen LogP contribution in [0.1, 0.15) is 13.3 Å². The summed E-state index contributed by atoms with van der Waals surface area (Å²) in [6.45, 7) is 1.96. The number of pyridine rings is 1. The van der Waals surface area contributed by atoms with E-state index < -0.39 is 0 Å². The second-order valence-corrected chi connectivity index (χ2v) is 3.32. The Hall–Kier alpha value is -1.64. The molecule has 1 aromatic rings. The molecule has 0 saturated heterocycles. The predicted molar refractivity (Wildman–Crippen MR) is 54.7 cm³/mol. The van der Waals surface area contributed by atoms with Crippen molar-refractivity contribution in [3.63, 3.8) is 0 Å². The van der Waals surface area contributed by atoms with Crippen LogP contribution in [0.3, 0.4) is 0 Å². The molecule has 72 valence electrons. The second-order valence-electron chi connectivity index (χ2n) is 3.32. The van der Waals surface area contributed by atoms with Crippen molar-refractivity contribution in [3.8, 4) is 0 Å². The summed E-state index contributed by atoms with van der Waals surface area (Å²) in [6, 6.07) is 5.46. The van der Waals surface area contributed by atoms with Crippen molar-refractivity contribution in [2.24, 2.45) is 5.92 Å². The van der Waals surface area contributed by atoms with Crippen LogP contribution in [0.25, 0.3) is 0 Å². The molecule has 1 aliphatic carbocycles. The number of hydrogen-bond acceptors (Lipinski definition) is 2. The van der Waals surface area contributed by atoms with Crippen LogP contribution in [-0.2, 0) is 4.79 Å². The molecule has 14 heavy (non-hydrogen) atoms. The Morgan fingerprint density at radius 2 is 2.50 bits per heavy atom. The van der Waals surface area contributed by atoms with Gasteiger partial charge in [0.15, 0.2) is 0 Å². The highest BCUT2D eigenvalue weighted by molar-refractivity contribution is 5.96. The molecule has 1 atom stereocenters. The number of allylic oxidation sites excluding steroid dienone is 1. The fourth-order valence-electron chi connectivity index (χ4n) is 1.41. The molecule has 0 aliphatic heterocycles. The Kier molecular flexibility index (Phi) is 2.31. The van der Waals surface area contributed by atoms with E-state index in [4.69, 9.17) is 0 Å². The number of aromatic nitrogens is 1. The van der Waals surface area contributed by atoms with Gasteiger partial charge in [-0.3, -0.25) is 4.79 Å². The Morgan fingerprint density at radius 3 is 3.07 bits per heavy atom. The number of carbonyl (C=O) groups is 1. The third-order valence-corrected chi connectivity index (χ3v) is 2.33. The molecule has 0 aromatic carbocycles. The first-order chi connectivity index (χ1) is 6.81. The first-order valence-corrected chi connectivity index (χ1v) is 4.68. The van der Waals surface area contributed by atoms with E-state index in [1.165, 1.54) is 5.57 Å². The summed E-state index contributed by atoms with van der Waals surface area (Å²) in [5.74, 6) is 0.763. The molecule has 0 spiro atoms. The summed E-state index contributed by atoms with van der Waals surface area (Å²) >= 11 is 0. The molecule has 3 nitrogen and oxygen atoms in total. The quantitative estimate of drug-likeness (QED) is 0.721. The topological polar surface area (TPSA) is 42.0 Å². The van der Waals surface area contributed by atoms with Gasteiger partial charge in [0.2, 0.25) is 5.91 Å². The first-order valence-electron chi connectivity index (χ1n) is 4.68. The van der Waals surface area contributed by atoms with Gasteiger partial charge in [0.25, 0.3) is 0 Å². The molecule has 1 N–H and O–H groups in total. The van der Waals surface area contributed by atoms with Gasteiger partial charge in [-0.2, -0.15) is 0 Å². The van der Waals surface area contributed by atoms with Crippen molar-refractivity contribution in [2.75, 3.05) is 5.32 Å². The average Bonchev–Trinajstić information content (AvgIpc) is 2.98. The largest absolute Gasteiger partial charge is 0.310 e. The first kappa shape index (κ1) is 8.94. The van der Waals surface area contributed by atoms with Crippen molar-refractivity contribution in [1.82, 2.24) is 4.98 Å². The number of rotatable bonds is 2. The maximum atomic E-state index is 11.6. The third kappa shape index (κ3) is 1.82. The Balaban J connectivity index is 1.97. The highest BCUT2D eigenvalue weighted by Gasteiger charge is 2.35. The maximum Gasteiger partial charge on any atom is 0.233 e. The highest BCUT2D eigenvalue weighted by Crippen LogP contribution is 2.37. The van der Waals surface area contributed by atoms with Gasteiger partial charge >= 0.3 is 0 Å². The molecular weight excluding hydrogens is 176 g/mol. The van der Waals surface area contributed by atoms with Gasteiger partial charge in [0.05, 0.1) is 5.92 Å². The fourth-order valence-corrected chi connectivity index (χ4v) is 1.41. The van der Waals surface area contributed by atoms with Gasteiger partial charge in [-0.05, 0) is 25.5 Å². The lowest BCUT2D eigenvalue weighted by Crippen LogP contribution is -2.14. The second kappa shape index (κ2) is 3.62. The van der Waals surface area contributed by atoms with Crippen LogP contribution in [0.15, 0.2) is 36.0 Å². The van der Waals surface area contributed by atoms with Gasteiger partial charge in [-0.1, -0.05) is 17.7 Å². The molecule has 3 heteroatoms. The zero-order valence-corrected chi connectivity index (χ0v) is 8.03. The van der Waals surface area contributed by atoms with E-state index in [9.17, 15) is 4.79 Å². The third-order valence-electron chi connectivity index (χ3n) is 2.33. The predicted octanol–water partition coefficient (Wildman–Crippen LogP) is 1.99. The Labute approximate surface area is 82.9 Å². The molecule has 1 amide bonds. The van der Waals surface area contributed by atoms with Crippen LogP contribution < -0.4 is 5.32 Å². The monoisotopic (exact) mass is 188 g/mol. The highest BCUT2D eigenvalue weighted by atomic mass is 16.2. The molecular formula is C11H12N2O. The van der Waals surface area contributed by atoms with Crippen LogP contribution in [0.4, 0.5) is 5.82 Å². The fraction of sp³-hybridized carbons (Fsp3) is 0.273. The smallest absolute Gasteiger partial charge is 0.233 e. The Bertz CT molecular complexity index is 370. The molecule has 1 heterocycles. The van der Waals surface area contributed by atoms with E-state index in [0.29, 0.717) is 5.82 Å². The van der Waals surface area contributed by atoms with Gasteiger partial charge in [0.1, 0.15) is 5.82 Å². The summed E-state index contributed by atoms with van der Waals surface area (Å²) in [5.41, 5.74) is 1.22. The Morgan fingerprint density at radius 1 is 1.64 bits per heavy atom. The van der Waals surface area contributed by atoms with Gasteiger partial charge in [0, 0.05) is 6.20 Å². The van der Waals surface area contributed by atoms with Gasteiger partial charge in [-0.15, -0.1) is 0 Å². The molecule has 2 rings (SSSR count). The minimum Gasteiger partial charge on any atom is -0.310 e. The summed E-state index contributed by atoms with van der Waals surface area (Å²) in [6.07, 6.45) is 4.57. The van der Waals surface area contributed by atoms with Crippen LogP contribution >= 0.6 is 0 Å². The van der Waals surface area contributed by atoms with Crippen molar-refractivity contribution in [1.29, 1.82) is 0 Å². The van der Waals surface area contributed by atoms with E-state index in [2.05, 4.69) is 10.3 Å². The number of nitrogens with one attached hydrogen (secondary N) is 1. The van der Waals surface area contributed by atoms with Crippen molar-refractivity contribution in [3.05, 3.63) is 36.0 Å². The zero-order valence-electron chi connectivity index (χ0n) is 8.03. The lowest BCUT2D eigenvalue weighted by atomic mass is 10.3. The molecule has 0 bridgehead atoms. The van der Waals surface area contributed by atoms with Crippen molar-refractivity contribution in [2.45, 2.75) is 13.3 Å². The van der Waals surface area contributed by atoms with Crippen LogP contribution in [0, 0.1) is 5.92 Å². The van der Waals surface area contributed by atoms with E-state index in [1.54, 1.807) is 12.3 Å². The average molecular weight is 188 g/mol. The molecule has 1 saturated carbocycles. The maximum absolute atomic E-state index is 11.6. The summed E-state index contributed by atoms with van der Waals surface area (Å²) in [5, 5.41) is 2.78. The number of nitrogens with zero attached hydrogens (tertiary/aromatic N) is 1. The lowest BCUT2D eigenvalue weighted by molar-refractivity contribution is -0.117. The van der Waals surface area contributed by atoms with Crippen LogP contribution in [-0.4, -0.2) is 10.9 Å². The molecule has 1 fully saturated rings. The lowest BCUT2D eigenvalue weighted by Gasteiger charge is -2.00. The molecule has 1 aliphatic rings. The van der Waals surface area contributed by atoms with E-state index >= 15 is 0 Å². The standard InChI is InChI=1S/C11H12N2O/c1-2-8-7-9(8)11(14)13-10-5-3-4-6-12-10/h2-6,9H,7H2,1H3,(H,12,13,14)/b8-2-. The van der Waals surface area contributed by atoms with Crippen LogP contribution in [0.5, 0.6) is 0 Å². The van der Waals surface area contributed by atoms with Crippen LogP contribution in [0.2, 0.25) is 0 Å². The summed E-state index contributed by atoms with van der Waals surface area (Å²) < 4.78 is 0. The van der Waals surface area contributed by atoms with Gasteiger partial charge in [-0.25, -0.2) is 4.98 Å². The van der Waals surface area contributed by atoms with E-state index in [1.807, 2.05) is 25.1 Å². The summed E-state index contributed by atoms with van der Waals surface area (Å²) in [7, 11) is 0. The molecule has 1 unspecified atom stereocenters. The minimum atomic E-state index is 0.0526. The van der Waals surface area contributed by atoms with E-state index in [-0.39, 0.29) is 11.8 Å². The van der Waals surface area contributed by atoms with E-state index in [0.717, 1.165) is 6.42 Å². The normalized spacial score (nSPS) is 22.1. The summed E-state index contributed by atoms with van der Waals surface area (Å²) in [4.78, 5) is 15.6. The minimum absolute atomic E-state index is 0.0526. The number of anilines is 1. The van der Waals surface area contributed by atoms with Crippen molar-refractivity contribution >= 4 is 11.7 Å². The molecule has 1 aromatic heterocycles. The molecule has 0 radical (unpaired) electrons. The number of hydrogen-bond donors (Lipinski definition) is 1. The number of amides is 1. The van der Waals surface area contributed by atoms with Crippen molar-refractivity contribution < 1.29 is 4.79 Å².